The van der Waals surface area contributed by atoms with Crippen molar-refractivity contribution in [2.75, 3.05) is 18.0 Å². The number of carbonyl (C=O) groups excluding carboxylic acids is 2. The van der Waals surface area contributed by atoms with Crippen LogP contribution in [0, 0.1) is 12.8 Å². The van der Waals surface area contributed by atoms with Crippen LogP contribution < -0.4 is 10.2 Å². The zero-order valence-electron chi connectivity index (χ0n) is 19.5. The molecule has 33 heavy (non-hydrogen) atoms. The molecule has 0 aromatic heterocycles. The summed E-state index contributed by atoms with van der Waals surface area (Å²) in [5.74, 6) is -0.348. The van der Waals surface area contributed by atoms with E-state index in [1.165, 1.54) is 16.7 Å². The predicted octanol–water partition coefficient (Wildman–Crippen LogP) is 5.89. The fourth-order valence-electron chi connectivity index (χ4n) is 4.62. The van der Waals surface area contributed by atoms with Crippen LogP contribution in [0.3, 0.4) is 0 Å². The third-order valence-corrected chi connectivity index (χ3v) is 6.42. The van der Waals surface area contributed by atoms with Crippen molar-refractivity contribution in [1.82, 2.24) is 5.32 Å². The number of benzene rings is 3. The van der Waals surface area contributed by atoms with Crippen LogP contribution in [0.15, 0.2) is 72.8 Å². The summed E-state index contributed by atoms with van der Waals surface area (Å²) in [4.78, 5) is 27.5. The maximum Gasteiger partial charge on any atom is 0.227 e. The quantitative estimate of drug-likeness (QED) is 0.475. The Morgan fingerprint density at radius 2 is 1.82 bits per heavy atom. The number of rotatable bonds is 8. The Kier molecular flexibility index (Phi) is 7.23. The van der Waals surface area contributed by atoms with E-state index in [1.807, 2.05) is 42.5 Å². The molecule has 1 unspecified atom stereocenters. The second-order valence-electron chi connectivity index (χ2n) is 8.78. The molecule has 0 spiro atoms. The zero-order chi connectivity index (χ0) is 23.2. The Labute approximate surface area is 196 Å². The molecule has 0 radical (unpaired) electrons. The summed E-state index contributed by atoms with van der Waals surface area (Å²) < 4.78 is 0. The molecule has 1 fully saturated rings. The minimum Gasteiger partial charge on any atom is -0.355 e. The lowest BCUT2D eigenvalue weighted by Gasteiger charge is -2.19. The number of hydrogen-bond donors (Lipinski definition) is 1. The maximum absolute atomic E-state index is 12.9. The van der Waals surface area contributed by atoms with Gasteiger partial charge in [-0.25, -0.2) is 0 Å². The average molecular weight is 441 g/mol. The Balaban J connectivity index is 1.40. The van der Waals surface area contributed by atoms with Crippen LogP contribution >= 0.6 is 0 Å². The normalized spacial score (nSPS) is 16.4. The molecule has 4 heteroatoms. The summed E-state index contributed by atoms with van der Waals surface area (Å²) in [5, 5.41) is 5.23. The third-order valence-electron chi connectivity index (χ3n) is 6.42. The van der Waals surface area contributed by atoms with Gasteiger partial charge in [0.15, 0.2) is 0 Å². The molecule has 3 aromatic carbocycles. The lowest BCUT2D eigenvalue weighted by Crippen LogP contribution is -2.33. The van der Waals surface area contributed by atoms with Gasteiger partial charge in [0, 0.05) is 24.9 Å². The van der Waals surface area contributed by atoms with Gasteiger partial charge < -0.3 is 10.2 Å². The zero-order valence-corrected chi connectivity index (χ0v) is 19.5. The van der Waals surface area contributed by atoms with Gasteiger partial charge >= 0.3 is 0 Å². The first-order chi connectivity index (χ1) is 16.1. The van der Waals surface area contributed by atoms with E-state index in [0.29, 0.717) is 13.1 Å². The number of nitrogens with zero attached hydrogens (tertiary/aromatic N) is 1. The van der Waals surface area contributed by atoms with Gasteiger partial charge in [-0.15, -0.1) is 0 Å². The van der Waals surface area contributed by atoms with Crippen LogP contribution in [0.2, 0.25) is 0 Å². The first-order valence-electron chi connectivity index (χ1n) is 11.9. The van der Waals surface area contributed by atoms with Gasteiger partial charge in [0.1, 0.15) is 0 Å². The predicted molar refractivity (Wildman–Crippen MR) is 136 cm³/mol. The largest absolute Gasteiger partial charge is 0.355 e. The highest BCUT2D eigenvalue weighted by Crippen LogP contribution is 2.32. The smallest absolute Gasteiger partial charge is 0.227 e. The number of fused-ring (bicyclic) bond motifs is 1. The number of nitrogens with one attached hydrogen (secondary N) is 1. The van der Waals surface area contributed by atoms with Crippen molar-refractivity contribution in [1.29, 1.82) is 0 Å². The van der Waals surface area contributed by atoms with E-state index in [-0.39, 0.29) is 24.2 Å². The molecule has 4 rings (SSSR count). The number of anilines is 1. The molecule has 3 aromatic rings. The highest BCUT2D eigenvalue weighted by atomic mass is 16.2. The molecule has 0 bridgehead atoms. The van der Waals surface area contributed by atoms with Crippen LogP contribution in [-0.4, -0.2) is 24.9 Å². The van der Waals surface area contributed by atoms with E-state index < -0.39 is 0 Å². The molecule has 1 aliphatic heterocycles. The molecule has 0 aliphatic carbocycles. The van der Waals surface area contributed by atoms with E-state index in [9.17, 15) is 9.59 Å². The molecule has 4 nitrogen and oxygen atoms in total. The highest BCUT2D eigenvalue weighted by molar-refractivity contribution is 6.07. The molecular weight excluding hydrogens is 408 g/mol. The molecule has 0 saturated carbocycles. The third kappa shape index (κ3) is 5.16. The highest BCUT2D eigenvalue weighted by Gasteiger charge is 2.35. The Bertz CT molecular complexity index is 1180. The topological polar surface area (TPSA) is 49.4 Å². The minimum absolute atomic E-state index is 0.00921. The summed E-state index contributed by atoms with van der Waals surface area (Å²) in [6.45, 7) is 5.29. The van der Waals surface area contributed by atoms with E-state index >= 15 is 0 Å². The summed E-state index contributed by atoms with van der Waals surface area (Å²) in [7, 11) is 0. The van der Waals surface area contributed by atoms with Gasteiger partial charge in [-0.05, 0) is 47.9 Å². The number of amides is 2. The molecule has 1 aliphatic rings. The van der Waals surface area contributed by atoms with E-state index in [2.05, 4.69) is 49.5 Å². The van der Waals surface area contributed by atoms with Crippen molar-refractivity contribution in [3.8, 4) is 0 Å². The molecular formula is C29H32N2O2. The lowest BCUT2D eigenvalue weighted by molar-refractivity contribution is -0.126. The molecule has 1 N–H and O–H groups in total. The van der Waals surface area contributed by atoms with Gasteiger partial charge in [-0.1, -0.05) is 80.1 Å². The number of unbranched alkanes of at least 4 members (excludes halogenated alkanes) is 1. The van der Waals surface area contributed by atoms with Crippen molar-refractivity contribution in [2.24, 2.45) is 5.92 Å². The van der Waals surface area contributed by atoms with Crippen molar-refractivity contribution < 1.29 is 9.59 Å². The fraction of sp³-hybridized carbons (Fsp3) is 0.310. The second kappa shape index (κ2) is 10.5. The summed E-state index contributed by atoms with van der Waals surface area (Å²) in [6.07, 6.45) is 5.44. The Morgan fingerprint density at radius 1 is 1.06 bits per heavy atom. The summed E-state index contributed by atoms with van der Waals surface area (Å²) in [5.41, 5.74) is 4.66. The molecule has 2 amide bonds. The van der Waals surface area contributed by atoms with Crippen molar-refractivity contribution in [3.63, 3.8) is 0 Å². The number of allylic oxidation sites excluding steroid dienone is 1. The van der Waals surface area contributed by atoms with E-state index in [4.69, 9.17) is 0 Å². The summed E-state index contributed by atoms with van der Waals surface area (Å²) >= 11 is 0. The summed E-state index contributed by atoms with van der Waals surface area (Å²) in [6, 6.07) is 22.4. The van der Waals surface area contributed by atoms with Crippen molar-refractivity contribution >= 4 is 33.8 Å². The van der Waals surface area contributed by atoms with E-state index in [1.54, 1.807) is 4.90 Å². The SMILES string of the molecule is CCC/C=C(/CCNC(=O)C1CC(=O)N(c2cccc3ccccc23)C1)c1ccccc1C. The first kappa shape index (κ1) is 22.8. The van der Waals surface area contributed by atoms with E-state index in [0.717, 1.165) is 35.7 Å². The van der Waals surface area contributed by atoms with Crippen LogP contribution in [-0.2, 0) is 9.59 Å². The van der Waals surface area contributed by atoms with Gasteiger partial charge in [0.25, 0.3) is 0 Å². The van der Waals surface area contributed by atoms with Crippen molar-refractivity contribution in [3.05, 3.63) is 83.9 Å². The molecule has 1 saturated heterocycles. The van der Waals surface area contributed by atoms with Crippen LogP contribution in [0.1, 0.15) is 43.7 Å². The Morgan fingerprint density at radius 3 is 2.64 bits per heavy atom. The number of aryl methyl sites for hydroxylation is 1. The minimum atomic E-state index is -0.321. The van der Waals surface area contributed by atoms with Gasteiger partial charge in [-0.3, -0.25) is 9.59 Å². The first-order valence-corrected chi connectivity index (χ1v) is 11.9. The number of hydrogen-bond acceptors (Lipinski definition) is 2. The molecule has 1 heterocycles. The van der Waals surface area contributed by atoms with Crippen LogP contribution in [0.5, 0.6) is 0 Å². The fourth-order valence-corrected chi connectivity index (χ4v) is 4.62. The van der Waals surface area contributed by atoms with Crippen molar-refractivity contribution in [2.45, 2.75) is 39.5 Å². The molecule has 170 valence electrons. The number of carbonyl (C=O) groups is 2. The lowest BCUT2D eigenvalue weighted by atomic mass is 9.96. The standard InChI is InChI=1S/C29H32N2O2/c1-3-4-11-23(25-14-7-5-10-21(25)2)17-18-30-29(33)24-19-28(32)31(20-24)27-16-9-13-22-12-6-8-15-26(22)27/h5-16,24H,3-4,17-20H2,1-2H3,(H,30,33)/b23-11-. The second-order valence-corrected chi connectivity index (χ2v) is 8.78. The van der Waals surface area contributed by atoms with Gasteiger partial charge in [0.05, 0.1) is 11.6 Å². The maximum atomic E-state index is 12.9. The van der Waals surface area contributed by atoms with Crippen LogP contribution in [0.25, 0.3) is 16.3 Å². The van der Waals surface area contributed by atoms with Gasteiger partial charge in [-0.2, -0.15) is 0 Å². The Hall–Kier alpha value is -3.40. The van der Waals surface area contributed by atoms with Crippen LogP contribution in [0.4, 0.5) is 5.69 Å². The monoisotopic (exact) mass is 440 g/mol. The average Bonchev–Trinajstić information content (AvgIpc) is 3.23. The van der Waals surface area contributed by atoms with Gasteiger partial charge in [0.2, 0.25) is 11.8 Å². The molecule has 1 atom stereocenters.